The van der Waals surface area contributed by atoms with Gasteiger partial charge in [0.05, 0.1) is 12.8 Å². The predicted molar refractivity (Wildman–Crippen MR) is 114 cm³/mol. The summed E-state index contributed by atoms with van der Waals surface area (Å²) in [5.74, 6) is 2.09. The second-order valence-electron chi connectivity index (χ2n) is 8.50. The Morgan fingerprint density at radius 1 is 1.26 bits per heavy atom. The lowest BCUT2D eigenvalue weighted by atomic mass is 9.78. The summed E-state index contributed by atoms with van der Waals surface area (Å²) in [7, 11) is 0. The molecule has 8 heteroatoms. The van der Waals surface area contributed by atoms with Gasteiger partial charge in [0.1, 0.15) is 17.6 Å². The van der Waals surface area contributed by atoms with Gasteiger partial charge in [-0.2, -0.15) is 0 Å². The van der Waals surface area contributed by atoms with Crippen molar-refractivity contribution in [2.45, 2.75) is 37.8 Å². The maximum Gasteiger partial charge on any atom is 0.251 e. The number of rotatable bonds is 7. The molecule has 5 rings (SSSR count). The van der Waals surface area contributed by atoms with Crippen LogP contribution in [0, 0.1) is 5.92 Å². The van der Waals surface area contributed by atoms with Gasteiger partial charge in [-0.25, -0.2) is 4.98 Å². The first kappa shape index (κ1) is 19.8. The number of carbonyl (C=O) groups excluding carboxylic acids is 1. The average molecular weight is 422 g/mol. The number of H-pyrrole nitrogens is 1. The van der Waals surface area contributed by atoms with Crippen LogP contribution in [0.15, 0.2) is 58.2 Å². The van der Waals surface area contributed by atoms with Crippen LogP contribution in [0.3, 0.4) is 0 Å². The molecule has 8 nitrogen and oxygen atoms in total. The summed E-state index contributed by atoms with van der Waals surface area (Å²) in [4.78, 5) is 35.7. The van der Waals surface area contributed by atoms with Crippen LogP contribution in [0.4, 0.5) is 0 Å². The SMILES string of the molecule is O=C(NCCCc1ncc[nH]1)[C@H]1[C@@H]2C[C@@H](CN(Cc3ccco3)C2)c2cccc(=O)n21. The van der Waals surface area contributed by atoms with E-state index in [4.69, 9.17) is 4.42 Å². The Kier molecular flexibility index (Phi) is 5.46. The van der Waals surface area contributed by atoms with E-state index in [2.05, 4.69) is 20.2 Å². The molecule has 0 aliphatic carbocycles. The molecule has 0 spiro atoms. The molecule has 2 N–H and O–H groups in total. The fraction of sp³-hybridized carbons (Fsp3) is 0.435. The normalized spacial score (nSPS) is 22.8. The van der Waals surface area contributed by atoms with Gasteiger partial charge in [0.2, 0.25) is 5.91 Å². The average Bonchev–Trinajstić information content (AvgIpc) is 3.46. The Hall–Kier alpha value is -3.13. The Balaban J connectivity index is 1.33. The smallest absolute Gasteiger partial charge is 0.251 e. The zero-order chi connectivity index (χ0) is 21.2. The van der Waals surface area contributed by atoms with Crippen molar-refractivity contribution in [3.05, 3.63) is 76.6 Å². The van der Waals surface area contributed by atoms with Gasteiger partial charge in [-0.1, -0.05) is 6.07 Å². The molecule has 3 aromatic heterocycles. The molecule has 2 aliphatic heterocycles. The first-order valence-electron chi connectivity index (χ1n) is 10.9. The highest BCUT2D eigenvalue weighted by atomic mass is 16.3. The van der Waals surface area contributed by atoms with Gasteiger partial charge in [0.15, 0.2) is 0 Å². The summed E-state index contributed by atoms with van der Waals surface area (Å²) in [5, 5.41) is 3.07. The van der Waals surface area contributed by atoms with Crippen molar-refractivity contribution in [3.8, 4) is 0 Å². The maximum absolute atomic E-state index is 13.3. The fourth-order valence-corrected chi connectivity index (χ4v) is 5.12. The molecule has 162 valence electrons. The molecule has 2 bridgehead atoms. The highest BCUT2D eigenvalue weighted by Gasteiger charge is 2.43. The number of imidazole rings is 1. The predicted octanol–water partition coefficient (Wildman–Crippen LogP) is 2.07. The zero-order valence-electron chi connectivity index (χ0n) is 17.4. The van der Waals surface area contributed by atoms with Crippen molar-refractivity contribution in [2.75, 3.05) is 19.6 Å². The minimum absolute atomic E-state index is 0.0720. The number of pyridine rings is 1. The van der Waals surface area contributed by atoms with Crippen LogP contribution in [0.1, 0.15) is 42.1 Å². The van der Waals surface area contributed by atoms with Crippen LogP contribution in [-0.4, -0.2) is 45.0 Å². The van der Waals surface area contributed by atoms with Crippen molar-refractivity contribution in [2.24, 2.45) is 5.92 Å². The van der Waals surface area contributed by atoms with Gasteiger partial charge in [-0.05, 0) is 31.0 Å². The number of nitrogens with one attached hydrogen (secondary N) is 2. The third kappa shape index (κ3) is 4.07. The number of hydrogen-bond donors (Lipinski definition) is 2. The minimum atomic E-state index is -0.483. The molecule has 1 saturated heterocycles. The first-order valence-corrected chi connectivity index (χ1v) is 10.9. The van der Waals surface area contributed by atoms with Gasteiger partial charge in [0.25, 0.3) is 5.56 Å². The number of piperidine rings is 1. The van der Waals surface area contributed by atoms with Crippen LogP contribution in [-0.2, 0) is 17.8 Å². The number of likely N-dealkylation sites (tertiary alicyclic amines) is 1. The molecule has 3 atom stereocenters. The molecule has 31 heavy (non-hydrogen) atoms. The second-order valence-corrected chi connectivity index (χ2v) is 8.50. The topological polar surface area (TPSA) is 96.2 Å². The number of aromatic nitrogens is 3. The molecule has 2 aliphatic rings. The fourth-order valence-electron chi connectivity index (χ4n) is 5.12. The number of furan rings is 1. The Morgan fingerprint density at radius 3 is 3.00 bits per heavy atom. The lowest BCUT2D eigenvalue weighted by Crippen LogP contribution is -2.53. The van der Waals surface area contributed by atoms with Crippen molar-refractivity contribution in [3.63, 3.8) is 0 Å². The van der Waals surface area contributed by atoms with Crippen LogP contribution >= 0.6 is 0 Å². The van der Waals surface area contributed by atoms with E-state index in [1.165, 1.54) is 0 Å². The van der Waals surface area contributed by atoms with Gasteiger partial charge in [-0.15, -0.1) is 0 Å². The third-order valence-electron chi connectivity index (χ3n) is 6.40. The summed E-state index contributed by atoms with van der Waals surface area (Å²) >= 11 is 0. The van der Waals surface area contributed by atoms with Crippen molar-refractivity contribution in [1.29, 1.82) is 0 Å². The molecular weight excluding hydrogens is 394 g/mol. The van der Waals surface area contributed by atoms with Gasteiger partial charge in [0, 0.05) is 62.0 Å². The number of fused-ring (bicyclic) bond motifs is 4. The molecule has 5 heterocycles. The minimum Gasteiger partial charge on any atom is -0.468 e. The van der Waals surface area contributed by atoms with Crippen LogP contribution in [0.5, 0.6) is 0 Å². The van der Waals surface area contributed by atoms with E-state index in [9.17, 15) is 9.59 Å². The number of aromatic amines is 1. The van der Waals surface area contributed by atoms with Gasteiger partial charge >= 0.3 is 0 Å². The van der Waals surface area contributed by atoms with E-state index < -0.39 is 6.04 Å². The second kappa shape index (κ2) is 8.55. The van der Waals surface area contributed by atoms with Crippen LogP contribution in [0.2, 0.25) is 0 Å². The Morgan fingerprint density at radius 2 is 2.19 bits per heavy atom. The third-order valence-corrected chi connectivity index (χ3v) is 6.40. The monoisotopic (exact) mass is 421 g/mol. The molecule has 1 fully saturated rings. The summed E-state index contributed by atoms with van der Waals surface area (Å²) in [6.07, 6.45) is 7.70. The molecule has 1 amide bonds. The van der Waals surface area contributed by atoms with E-state index in [1.54, 1.807) is 35.4 Å². The van der Waals surface area contributed by atoms with Crippen LogP contribution < -0.4 is 10.9 Å². The van der Waals surface area contributed by atoms with E-state index in [1.807, 2.05) is 18.2 Å². The molecular formula is C23H27N5O3. The summed E-state index contributed by atoms with van der Waals surface area (Å²) in [6, 6.07) is 8.75. The lowest BCUT2D eigenvalue weighted by molar-refractivity contribution is -0.127. The number of aryl methyl sites for hydroxylation is 1. The van der Waals surface area contributed by atoms with Crippen LogP contribution in [0.25, 0.3) is 0 Å². The van der Waals surface area contributed by atoms with E-state index in [-0.39, 0.29) is 23.3 Å². The molecule has 3 aromatic rings. The summed E-state index contributed by atoms with van der Waals surface area (Å²) in [6.45, 7) is 2.90. The number of hydrogen-bond acceptors (Lipinski definition) is 5. The quantitative estimate of drug-likeness (QED) is 0.570. The lowest BCUT2D eigenvalue weighted by Gasteiger charge is -2.46. The zero-order valence-corrected chi connectivity index (χ0v) is 17.4. The number of nitrogens with zero attached hydrogens (tertiary/aromatic N) is 3. The molecule has 0 radical (unpaired) electrons. The van der Waals surface area contributed by atoms with E-state index in [0.29, 0.717) is 13.1 Å². The maximum atomic E-state index is 13.3. The molecule has 0 unspecified atom stereocenters. The summed E-state index contributed by atoms with van der Waals surface area (Å²) < 4.78 is 7.27. The number of carbonyl (C=O) groups is 1. The van der Waals surface area contributed by atoms with E-state index in [0.717, 1.165) is 49.6 Å². The summed E-state index contributed by atoms with van der Waals surface area (Å²) in [5.41, 5.74) is 0.867. The molecule has 0 saturated carbocycles. The van der Waals surface area contributed by atoms with Gasteiger partial charge < -0.3 is 14.7 Å². The highest BCUT2D eigenvalue weighted by molar-refractivity contribution is 5.81. The highest BCUT2D eigenvalue weighted by Crippen LogP contribution is 2.41. The van der Waals surface area contributed by atoms with Crippen molar-refractivity contribution < 1.29 is 9.21 Å². The first-order chi connectivity index (χ1) is 15.2. The molecule has 0 aromatic carbocycles. The standard InChI is InChI=1S/C23H27N5O3/c29-21-7-1-5-19-16-12-17(14-27(13-16)15-18-4-3-11-31-18)22(28(19)21)23(30)26-8-2-6-20-24-9-10-25-20/h1,3-5,7,9-11,16-17,22H,2,6,8,12-15H2,(H,24,25)(H,26,30)/t16-,17+,22+/m0/s1. The Labute approximate surface area is 180 Å². The Bertz CT molecular complexity index is 1070. The van der Waals surface area contributed by atoms with Crippen molar-refractivity contribution >= 4 is 5.91 Å². The largest absolute Gasteiger partial charge is 0.468 e. The number of amides is 1. The van der Waals surface area contributed by atoms with E-state index >= 15 is 0 Å². The van der Waals surface area contributed by atoms with Crippen molar-refractivity contribution in [1.82, 2.24) is 24.8 Å². The van der Waals surface area contributed by atoms with Gasteiger partial charge in [-0.3, -0.25) is 19.1 Å².